The summed E-state index contributed by atoms with van der Waals surface area (Å²) in [6.07, 6.45) is 2.47. The summed E-state index contributed by atoms with van der Waals surface area (Å²) in [6, 6.07) is 12.8. The summed E-state index contributed by atoms with van der Waals surface area (Å²) in [4.78, 5) is 51.3. The van der Waals surface area contributed by atoms with Gasteiger partial charge in [-0.25, -0.2) is 18.0 Å². The Morgan fingerprint density at radius 3 is 2.52 bits per heavy atom. The van der Waals surface area contributed by atoms with Gasteiger partial charge in [-0.1, -0.05) is 23.4 Å². The Labute approximate surface area is 264 Å². The number of aryl methyl sites for hydroxylation is 2. The van der Waals surface area contributed by atoms with Crippen molar-refractivity contribution in [3.63, 3.8) is 0 Å². The first kappa shape index (κ1) is 29.7. The fourth-order valence-corrected chi connectivity index (χ4v) is 7.30. The molecule has 1 atom stereocenters. The van der Waals surface area contributed by atoms with E-state index >= 15 is 0 Å². The third-order valence-corrected chi connectivity index (χ3v) is 9.49. The van der Waals surface area contributed by atoms with Crippen LogP contribution in [-0.4, -0.2) is 50.3 Å². The number of benzene rings is 2. The minimum atomic E-state index is -0.998. The number of carbonyl (C=O) groups excluding carboxylic acids is 2. The highest BCUT2D eigenvalue weighted by molar-refractivity contribution is 7.17. The molecule has 9 nitrogen and oxygen atoms in total. The highest BCUT2D eigenvalue weighted by atomic mass is 32.1. The van der Waals surface area contributed by atoms with E-state index < -0.39 is 17.4 Å². The second kappa shape index (κ2) is 11.7. The molecule has 2 aliphatic rings. The van der Waals surface area contributed by atoms with E-state index in [1.165, 1.54) is 23.1 Å². The Bertz CT molecular complexity index is 2050. The lowest BCUT2D eigenvalue weighted by molar-refractivity contribution is 0.0773. The molecule has 1 fully saturated rings. The van der Waals surface area contributed by atoms with Crippen LogP contribution in [0.3, 0.4) is 0 Å². The van der Waals surface area contributed by atoms with Gasteiger partial charge in [-0.05, 0) is 73.2 Å². The number of thiophene rings is 1. The lowest BCUT2D eigenvalue weighted by Gasteiger charge is -2.17. The van der Waals surface area contributed by atoms with E-state index in [4.69, 9.17) is 9.51 Å². The van der Waals surface area contributed by atoms with Gasteiger partial charge in [0.25, 0.3) is 11.8 Å². The molecule has 5 aromatic rings. The predicted octanol–water partition coefficient (Wildman–Crippen LogP) is 5.92. The molecule has 0 unspecified atom stereocenters. The Kier molecular flexibility index (Phi) is 7.55. The minimum Gasteiger partial charge on any atom is -0.337 e. The zero-order valence-electron chi connectivity index (χ0n) is 24.5. The smallest absolute Gasteiger partial charge is 0.337 e. The van der Waals surface area contributed by atoms with Crippen LogP contribution in [0, 0.1) is 17.5 Å². The molecule has 7 rings (SSSR count). The molecule has 0 radical (unpaired) electrons. The normalized spacial score (nSPS) is 15.3. The maximum atomic E-state index is 13.9. The minimum absolute atomic E-state index is 0.0437. The number of H-pyrrole nitrogens is 1. The summed E-state index contributed by atoms with van der Waals surface area (Å²) in [7, 11) is 1.56. The fraction of sp³-hybridized carbons (Fsp3) is 0.242. The standard InChI is InChI=1S/C33H26F3N5O4S/c1-40(16-18-6-10-20(35)21(36)15-18)31(42)25-13-12-24(46-25)27-26(30-38-33(44)45-39-30)22(11-7-17-4-8-19(34)9-5-17)37-29-23-3-2-14-41(23)32(43)28(27)29/h4-6,8-10,12-13,15,23H,2-3,7,11,14,16H2,1H3,(H,38,39,44)/t23-/m0/s1. The Morgan fingerprint density at radius 2 is 1.78 bits per heavy atom. The van der Waals surface area contributed by atoms with Crippen molar-refractivity contribution in [2.75, 3.05) is 13.6 Å². The van der Waals surface area contributed by atoms with Crippen LogP contribution in [0.25, 0.3) is 21.8 Å². The van der Waals surface area contributed by atoms with Gasteiger partial charge in [0, 0.05) is 30.6 Å². The molecule has 2 aromatic carbocycles. The van der Waals surface area contributed by atoms with Gasteiger partial charge < -0.3 is 9.80 Å². The molecule has 1 N–H and O–H groups in total. The summed E-state index contributed by atoms with van der Waals surface area (Å²) in [5, 5.41) is 3.97. The van der Waals surface area contributed by atoms with Crippen LogP contribution in [0.5, 0.6) is 0 Å². The van der Waals surface area contributed by atoms with Gasteiger partial charge in [-0.3, -0.25) is 24.1 Å². The molecule has 0 spiro atoms. The van der Waals surface area contributed by atoms with Crippen molar-refractivity contribution in [2.45, 2.75) is 38.3 Å². The first-order valence-electron chi connectivity index (χ1n) is 14.7. The van der Waals surface area contributed by atoms with Crippen LogP contribution >= 0.6 is 11.3 Å². The summed E-state index contributed by atoms with van der Waals surface area (Å²) < 4.78 is 45.7. The third kappa shape index (κ3) is 5.30. The van der Waals surface area contributed by atoms with E-state index in [1.54, 1.807) is 36.2 Å². The number of hydrogen-bond acceptors (Lipinski definition) is 7. The van der Waals surface area contributed by atoms with Crippen molar-refractivity contribution in [3.8, 4) is 21.8 Å². The largest absolute Gasteiger partial charge is 0.439 e. The second-order valence-electron chi connectivity index (χ2n) is 11.4. The molecule has 2 aliphatic heterocycles. The highest BCUT2D eigenvalue weighted by Crippen LogP contribution is 2.48. The maximum Gasteiger partial charge on any atom is 0.439 e. The zero-order valence-corrected chi connectivity index (χ0v) is 25.3. The van der Waals surface area contributed by atoms with Crippen molar-refractivity contribution in [1.29, 1.82) is 0 Å². The van der Waals surface area contributed by atoms with Crippen molar-refractivity contribution in [1.82, 2.24) is 24.9 Å². The number of nitrogens with zero attached hydrogens (tertiary/aromatic N) is 4. The van der Waals surface area contributed by atoms with Gasteiger partial charge in [-0.15, -0.1) is 11.3 Å². The summed E-state index contributed by atoms with van der Waals surface area (Å²) in [6.45, 7) is 0.630. The number of fused-ring (bicyclic) bond motifs is 3. The van der Waals surface area contributed by atoms with E-state index in [0.29, 0.717) is 62.8 Å². The molecular weight excluding hydrogens is 619 g/mol. The van der Waals surface area contributed by atoms with Gasteiger partial charge in [0.05, 0.1) is 33.4 Å². The molecule has 46 heavy (non-hydrogen) atoms. The molecule has 3 aromatic heterocycles. The van der Waals surface area contributed by atoms with Crippen LogP contribution in [0.4, 0.5) is 13.2 Å². The number of pyridine rings is 1. The molecule has 0 saturated carbocycles. The molecular formula is C33H26F3N5O4S. The quantitative estimate of drug-likeness (QED) is 0.224. The van der Waals surface area contributed by atoms with Gasteiger partial charge in [-0.2, -0.15) is 0 Å². The van der Waals surface area contributed by atoms with Crippen LogP contribution < -0.4 is 5.76 Å². The van der Waals surface area contributed by atoms with Gasteiger partial charge >= 0.3 is 5.76 Å². The maximum absolute atomic E-state index is 13.9. The number of amides is 2. The predicted molar refractivity (Wildman–Crippen MR) is 163 cm³/mol. The number of aromatic amines is 1. The highest BCUT2D eigenvalue weighted by Gasteiger charge is 2.44. The molecule has 13 heteroatoms. The van der Waals surface area contributed by atoms with E-state index in [0.717, 1.165) is 41.9 Å². The fourth-order valence-electron chi connectivity index (χ4n) is 6.24. The van der Waals surface area contributed by atoms with Crippen LogP contribution in [0.1, 0.15) is 61.4 Å². The Morgan fingerprint density at radius 1 is 1.00 bits per heavy atom. The lowest BCUT2D eigenvalue weighted by atomic mass is 9.93. The number of halogens is 3. The molecule has 0 bridgehead atoms. The van der Waals surface area contributed by atoms with E-state index in [2.05, 4.69) is 10.1 Å². The first-order valence-corrected chi connectivity index (χ1v) is 15.5. The monoisotopic (exact) mass is 645 g/mol. The number of carbonyl (C=O) groups is 2. The number of hydrogen-bond donors (Lipinski definition) is 1. The van der Waals surface area contributed by atoms with E-state index in [9.17, 15) is 27.6 Å². The number of nitrogens with one attached hydrogen (secondary N) is 1. The lowest BCUT2D eigenvalue weighted by Crippen LogP contribution is -2.25. The van der Waals surface area contributed by atoms with Crippen molar-refractivity contribution >= 4 is 23.2 Å². The SMILES string of the molecule is CN(Cc1ccc(F)c(F)c1)C(=O)c1ccc(-c2c3c(nc(CCc4ccc(F)cc4)c2-c2noc(=O)[nH]2)[C@@H]2CCCN2C3=O)s1. The summed E-state index contributed by atoms with van der Waals surface area (Å²) in [5.41, 5.74) is 3.81. The molecule has 234 valence electrons. The van der Waals surface area contributed by atoms with Gasteiger partial charge in [0.1, 0.15) is 5.82 Å². The Hall–Kier alpha value is -5.04. The molecule has 0 aliphatic carbocycles. The Balaban J connectivity index is 1.32. The first-order chi connectivity index (χ1) is 22.2. The zero-order chi connectivity index (χ0) is 32.1. The summed E-state index contributed by atoms with van der Waals surface area (Å²) in [5.74, 6) is -3.54. The third-order valence-electron chi connectivity index (χ3n) is 8.40. The van der Waals surface area contributed by atoms with E-state index in [1.807, 2.05) is 0 Å². The van der Waals surface area contributed by atoms with Gasteiger partial charge in [0.2, 0.25) is 0 Å². The van der Waals surface area contributed by atoms with Crippen molar-refractivity contribution in [2.24, 2.45) is 0 Å². The number of aromatic nitrogens is 3. The molecule has 1 saturated heterocycles. The second-order valence-corrected chi connectivity index (χ2v) is 12.5. The van der Waals surface area contributed by atoms with Gasteiger partial charge in [0.15, 0.2) is 17.5 Å². The van der Waals surface area contributed by atoms with Crippen molar-refractivity contribution < 1.29 is 27.3 Å². The average molecular weight is 646 g/mol. The van der Waals surface area contributed by atoms with Crippen LogP contribution in [0.15, 0.2) is 63.9 Å². The van der Waals surface area contributed by atoms with Crippen LogP contribution in [0.2, 0.25) is 0 Å². The van der Waals surface area contributed by atoms with E-state index in [-0.39, 0.29) is 36.0 Å². The van der Waals surface area contributed by atoms with Crippen LogP contribution in [-0.2, 0) is 19.4 Å². The topological polar surface area (TPSA) is 112 Å². The summed E-state index contributed by atoms with van der Waals surface area (Å²) >= 11 is 1.16. The average Bonchev–Trinajstić information content (AvgIpc) is 3.85. The molecule has 2 amide bonds. The van der Waals surface area contributed by atoms with Crippen molar-refractivity contribution in [3.05, 3.63) is 116 Å². The molecule has 5 heterocycles. The number of rotatable bonds is 8.